The van der Waals surface area contributed by atoms with Gasteiger partial charge in [0, 0.05) is 19.5 Å². The van der Waals surface area contributed by atoms with Gasteiger partial charge in [-0.15, -0.1) is 0 Å². The van der Waals surface area contributed by atoms with E-state index in [1.165, 1.54) is 0 Å². The Labute approximate surface area is 136 Å². The molecule has 6 nitrogen and oxygen atoms in total. The van der Waals surface area contributed by atoms with Crippen molar-refractivity contribution in [3.8, 4) is 0 Å². The first-order chi connectivity index (χ1) is 10.6. The number of fused-ring (bicyclic) bond motifs is 1. The lowest BCUT2D eigenvalue weighted by molar-refractivity contribution is -0.130. The molecule has 1 unspecified atom stereocenters. The first-order valence-electron chi connectivity index (χ1n) is 7.09. The van der Waals surface area contributed by atoms with E-state index in [9.17, 15) is 9.59 Å². The summed E-state index contributed by atoms with van der Waals surface area (Å²) in [5.41, 5.74) is 1.81. The van der Waals surface area contributed by atoms with E-state index in [2.05, 4.69) is 14.1 Å². The van der Waals surface area contributed by atoms with Gasteiger partial charge in [-0.2, -0.15) is 8.75 Å². The molecule has 1 atom stereocenters. The molecule has 1 saturated heterocycles. The normalized spacial score (nSPS) is 17.9. The number of carbonyl (C=O) groups is 2. The van der Waals surface area contributed by atoms with E-state index in [4.69, 9.17) is 11.6 Å². The fraction of sp³-hybridized carbons (Fsp3) is 0.429. The van der Waals surface area contributed by atoms with E-state index < -0.39 is 0 Å². The molecule has 0 spiro atoms. The average Bonchev–Trinajstić information content (AvgIpc) is 3.17. The molecule has 8 heteroatoms. The smallest absolute Gasteiger partial charge is 0.229 e. The Bertz CT molecular complexity index is 733. The second kappa shape index (κ2) is 6.18. The summed E-state index contributed by atoms with van der Waals surface area (Å²) < 4.78 is 8.32. The number of benzene rings is 1. The highest BCUT2D eigenvalue weighted by atomic mass is 35.5. The van der Waals surface area contributed by atoms with Crippen LogP contribution in [0.5, 0.6) is 0 Å². The van der Waals surface area contributed by atoms with Crippen LogP contribution >= 0.6 is 23.3 Å². The van der Waals surface area contributed by atoms with E-state index in [-0.39, 0.29) is 17.7 Å². The van der Waals surface area contributed by atoms with Crippen LogP contribution in [0.2, 0.25) is 5.02 Å². The number of nitrogens with zero attached hydrogens (tertiary/aromatic N) is 3. The van der Waals surface area contributed by atoms with Gasteiger partial charge < -0.3 is 10.2 Å². The van der Waals surface area contributed by atoms with E-state index in [1.807, 2.05) is 6.92 Å². The average molecular weight is 339 g/mol. The van der Waals surface area contributed by atoms with Crippen LogP contribution in [0.15, 0.2) is 12.1 Å². The Morgan fingerprint density at radius 3 is 3.05 bits per heavy atom. The molecule has 1 aromatic carbocycles. The van der Waals surface area contributed by atoms with Gasteiger partial charge in [0.1, 0.15) is 11.0 Å². The second-order valence-corrected chi connectivity index (χ2v) is 6.16. The van der Waals surface area contributed by atoms with Gasteiger partial charge in [0.25, 0.3) is 0 Å². The van der Waals surface area contributed by atoms with Gasteiger partial charge in [0.15, 0.2) is 0 Å². The van der Waals surface area contributed by atoms with Gasteiger partial charge in [-0.25, -0.2) is 0 Å². The minimum Gasteiger partial charge on any atom is -0.342 e. The molecule has 1 N–H and O–H groups in total. The van der Waals surface area contributed by atoms with Crippen molar-refractivity contribution in [3.05, 3.63) is 17.2 Å². The standard InChI is InChI=1S/C14H15ClN4O2S/c1-2-11(20)19-6-5-8(7-19)14(21)16-12-9(15)3-4-10-13(12)18-22-17-10/h3-4,8H,2,5-7H2,1H3,(H,16,21). The summed E-state index contributed by atoms with van der Waals surface area (Å²) in [5, 5.41) is 3.29. The monoisotopic (exact) mass is 338 g/mol. The predicted octanol–water partition coefficient (Wildman–Crippen LogP) is 2.54. The number of anilines is 1. The molecular weight excluding hydrogens is 324 g/mol. The van der Waals surface area contributed by atoms with Gasteiger partial charge in [0.2, 0.25) is 11.8 Å². The first-order valence-corrected chi connectivity index (χ1v) is 8.20. The van der Waals surface area contributed by atoms with Crippen molar-refractivity contribution in [1.82, 2.24) is 13.6 Å². The number of amides is 2. The quantitative estimate of drug-likeness (QED) is 0.933. The van der Waals surface area contributed by atoms with Gasteiger partial charge >= 0.3 is 0 Å². The van der Waals surface area contributed by atoms with Crippen LogP contribution < -0.4 is 5.32 Å². The molecule has 0 aliphatic carbocycles. The van der Waals surface area contributed by atoms with E-state index >= 15 is 0 Å². The van der Waals surface area contributed by atoms with Gasteiger partial charge in [0.05, 0.1) is 28.4 Å². The molecule has 0 bridgehead atoms. The van der Waals surface area contributed by atoms with Crippen molar-refractivity contribution < 1.29 is 9.59 Å². The second-order valence-electron chi connectivity index (χ2n) is 5.22. The van der Waals surface area contributed by atoms with Crippen LogP contribution in [-0.4, -0.2) is 38.6 Å². The van der Waals surface area contributed by atoms with Crippen LogP contribution in [0, 0.1) is 5.92 Å². The van der Waals surface area contributed by atoms with Gasteiger partial charge in [-0.1, -0.05) is 18.5 Å². The highest BCUT2D eigenvalue weighted by molar-refractivity contribution is 7.00. The molecule has 0 saturated carbocycles. The molecule has 0 radical (unpaired) electrons. The molecule has 22 heavy (non-hydrogen) atoms. The SMILES string of the molecule is CCC(=O)N1CCC(C(=O)Nc2c(Cl)ccc3nsnc23)C1. The van der Waals surface area contributed by atoms with Crippen LogP contribution in [0.4, 0.5) is 5.69 Å². The Kier molecular flexibility index (Phi) is 4.26. The number of hydrogen-bond acceptors (Lipinski definition) is 5. The van der Waals surface area contributed by atoms with Gasteiger partial charge in [-0.3, -0.25) is 9.59 Å². The molecule has 2 aromatic rings. The van der Waals surface area contributed by atoms with Crippen molar-refractivity contribution in [2.45, 2.75) is 19.8 Å². The van der Waals surface area contributed by atoms with Crippen molar-refractivity contribution >= 4 is 51.9 Å². The highest BCUT2D eigenvalue weighted by Gasteiger charge is 2.31. The Morgan fingerprint density at radius 2 is 2.27 bits per heavy atom. The number of aromatic nitrogens is 2. The lowest BCUT2D eigenvalue weighted by Crippen LogP contribution is -2.31. The maximum Gasteiger partial charge on any atom is 0.229 e. The van der Waals surface area contributed by atoms with Crippen molar-refractivity contribution in [3.63, 3.8) is 0 Å². The van der Waals surface area contributed by atoms with Crippen molar-refractivity contribution in [2.75, 3.05) is 18.4 Å². The summed E-state index contributed by atoms with van der Waals surface area (Å²) in [7, 11) is 0. The van der Waals surface area contributed by atoms with E-state index in [0.717, 1.165) is 11.7 Å². The molecule has 1 aromatic heterocycles. The minimum atomic E-state index is -0.214. The number of hydrogen-bond donors (Lipinski definition) is 1. The maximum atomic E-state index is 12.4. The summed E-state index contributed by atoms with van der Waals surface area (Å²) in [5.74, 6) is -0.263. The fourth-order valence-corrected chi connectivity index (χ4v) is 3.34. The summed E-state index contributed by atoms with van der Waals surface area (Å²) in [6.45, 7) is 2.91. The highest BCUT2D eigenvalue weighted by Crippen LogP contribution is 2.31. The molecule has 116 valence electrons. The summed E-state index contributed by atoms with van der Waals surface area (Å²) in [4.78, 5) is 25.9. The third kappa shape index (κ3) is 2.78. The molecule has 1 fully saturated rings. The third-order valence-corrected chi connectivity index (χ3v) is 4.70. The van der Waals surface area contributed by atoms with Crippen molar-refractivity contribution in [2.24, 2.45) is 5.92 Å². The zero-order valence-electron chi connectivity index (χ0n) is 12.0. The molecular formula is C14H15ClN4O2S. The molecule has 2 heterocycles. The number of halogens is 1. The van der Waals surface area contributed by atoms with Gasteiger partial charge in [-0.05, 0) is 18.6 Å². The summed E-state index contributed by atoms with van der Waals surface area (Å²) in [6.07, 6.45) is 1.13. The molecule has 2 amide bonds. The summed E-state index contributed by atoms with van der Waals surface area (Å²) in [6, 6.07) is 3.47. The van der Waals surface area contributed by atoms with Crippen LogP contribution in [-0.2, 0) is 9.59 Å². The Balaban J connectivity index is 1.75. The van der Waals surface area contributed by atoms with Crippen LogP contribution in [0.25, 0.3) is 11.0 Å². The van der Waals surface area contributed by atoms with E-state index in [1.54, 1.807) is 17.0 Å². The summed E-state index contributed by atoms with van der Waals surface area (Å²) >= 11 is 7.25. The molecule has 3 rings (SSSR count). The number of carbonyl (C=O) groups excluding carboxylic acids is 2. The maximum absolute atomic E-state index is 12.4. The number of nitrogens with one attached hydrogen (secondary N) is 1. The Morgan fingerprint density at radius 1 is 1.45 bits per heavy atom. The molecule has 1 aliphatic heterocycles. The van der Waals surface area contributed by atoms with Crippen LogP contribution in [0.1, 0.15) is 19.8 Å². The zero-order valence-corrected chi connectivity index (χ0v) is 13.6. The topological polar surface area (TPSA) is 75.2 Å². The molecule has 1 aliphatic rings. The fourth-order valence-electron chi connectivity index (χ4n) is 2.60. The number of rotatable bonds is 3. The lowest BCUT2D eigenvalue weighted by atomic mass is 10.1. The number of likely N-dealkylation sites (tertiary alicyclic amines) is 1. The third-order valence-electron chi connectivity index (χ3n) is 3.84. The van der Waals surface area contributed by atoms with Crippen LogP contribution in [0.3, 0.4) is 0 Å². The lowest BCUT2D eigenvalue weighted by Gasteiger charge is -2.15. The van der Waals surface area contributed by atoms with E-state index in [0.29, 0.717) is 47.7 Å². The first kappa shape index (κ1) is 15.2. The predicted molar refractivity (Wildman–Crippen MR) is 86.0 cm³/mol. The van der Waals surface area contributed by atoms with Crippen molar-refractivity contribution in [1.29, 1.82) is 0 Å². The zero-order chi connectivity index (χ0) is 15.7. The Hall–Kier alpha value is -1.73. The minimum absolute atomic E-state index is 0.0825. The largest absolute Gasteiger partial charge is 0.342 e.